The van der Waals surface area contributed by atoms with Gasteiger partial charge < -0.3 is 31.5 Å². The molecule has 62 heavy (non-hydrogen) atoms. The van der Waals surface area contributed by atoms with Crippen molar-refractivity contribution in [3.63, 3.8) is 0 Å². The molecule has 2 unspecified atom stereocenters. The van der Waals surface area contributed by atoms with Crippen molar-refractivity contribution in [2.24, 2.45) is 22.7 Å². The fourth-order valence-electron chi connectivity index (χ4n) is 9.30. The molecule has 2 aliphatic heterocycles. The van der Waals surface area contributed by atoms with Crippen molar-refractivity contribution in [2.75, 3.05) is 10.6 Å². The summed E-state index contributed by atoms with van der Waals surface area (Å²) in [6, 6.07) is 3.50. The SMILES string of the molecule is CC(=O)N[C@@H]1CCC[C@H](C(=O)Nc2cc(-c3cnn4c3C(O)C(C)(C)C4)c(Cl)cn2)C1.CC(=O)N[C@@H]1CCC[C@H](C(=O)Nc2cc(-c3cnn4c3C(O)C(C)(C)C4)c(Cl)cn2)C1. The van der Waals surface area contributed by atoms with E-state index in [9.17, 15) is 29.4 Å². The predicted octanol–water partition coefficient (Wildman–Crippen LogP) is 6.61. The first-order valence-corrected chi connectivity index (χ1v) is 22.0. The lowest BCUT2D eigenvalue weighted by Gasteiger charge is -2.28. The number of aliphatic hydroxyl groups is 2. The van der Waals surface area contributed by atoms with E-state index in [0.29, 0.717) is 58.7 Å². The number of nitrogens with one attached hydrogen (secondary N) is 4. The number of carbonyl (C=O) groups excluding carboxylic acids is 4. The molecule has 2 saturated carbocycles. The Morgan fingerprint density at radius 2 is 1.02 bits per heavy atom. The van der Waals surface area contributed by atoms with Crippen LogP contribution >= 0.6 is 23.2 Å². The first kappa shape index (κ1) is 45.1. The average Bonchev–Trinajstić information content (AvgIpc) is 3.92. The van der Waals surface area contributed by atoms with Gasteiger partial charge >= 0.3 is 0 Å². The van der Waals surface area contributed by atoms with Gasteiger partial charge in [0.25, 0.3) is 0 Å². The Balaban J connectivity index is 0.000000186. The van der Waals surface area contributed by atoms with Gasteiger partial charge in [-0.15, -0.1) is 0 Å². The highest BCUT2D eigenvalue weighted by Crippen LogP contribution is 2.48. The molecule has 2 fully saturated rings. The zero-order valence-corrected chi connectivity index (χ0v) is 37.5. The van der Waals surface area contributed by atoms with Crippen LogP contribution in [0.4, 0.5) is 11.6 Å². The number of halogens is 2. The normalized spacial score (nSPS) is 24.5. The van der Waals surface area contributed by atoms with Crippen LogP contribution in [0.3, 0.4) is 0 Å². The van der Waals surface area contributed by atoms with Gasteiger partial charge in [0.1, 0.15) is 23.8 Å². The lowest BCUT2D eigenvalue weighted by Crippen LogP contribution is -2.40. The Labute approximate surface area is 370 Å². The summed E-state index contributed by atoms with van der Waals surface area (Å²) < 4.78 is 3.61. The second-order valence-corrected chi connectivity index (χ2v) is 19.4. The fraction of sp³-hybridized carbons (Fsp3) is 0.545. The highest BCUT2D eigenvalue weighted by Gasteiger charge is 2.42. The van der Waals surface area contributed by atoms with Crippen LogP contribution in [0, 0.1) is 22.7 Å². The highest BCUT2D eigenvalue weighted by molar-refractivity contribution is 6.33. The lowest BCUT2D eigenvalue weighted by atomic mass is 9.85. The summed E-state index contributed by atoms with van der Waals surface area (Å²) in [5, 5.41) is 42.9. The number of rotatable bonds is 8. The number of pyridine rings is 2. The maximum Gasteiger partial charge on any atom is 0.228 e. The number of nitrogens with zero attached hydrogens (tertiary/aromatic N) is 6. The van der Waals surface area contributed by atoms with Crippen LogP contribution < -0.4 is 21.3 Å². The molecule has 4 aromatic heterocycles. The van der Waals surface area contributed by atoms with Gasteiger partial charge in [-0.3, -0.25) is 28.5 Å². The Morgan fingerprint density at radius 3 is 1.39 bits per heavy atom. The van der Waals surface area contributed by atoms with Crippen LogP contribution in [0.5, 0.6) is 0 Å². The van der Waals surface area contributed by atoms with E-state index in [1.807, 2.05) is 27.7 Å². The van der Waals surface area contributed by atoms with Crippen LogP contribution in [-0.4, -0.2) is 75.5 Å². The molecule has 4 amide bonds. The van der Waals surface area contributed by atoms with Gasteiger partial charge in [0, 0.05) is 96.3 Å². The van der Waals surface area contributed by atoms with Crippen LogP contribution in [0.2, 0.25) is 10.0 Å². The van der Waals surface area contributed by atoms with E-state index in [2.05, 4.69) is 41.4 Å². The fourth-order valence-corrected chi connectivity index (χ4v) is 9.71. The van der Waals surface area contributed by atoms with Crippen LogP contribution in [-0.2, 0) is 32.3 Å². The van der Waals surface area contributed by atoms with Crippen LogP contribution in [0.1, 0.15) is 117 Å². The van der Waals surface area contributed by atoms with Crippen molar-refractivity contribution in [3.8, 4) is 22.3 Å². The first-order chi connectivity index (χ1) is 29.3. The first-order valence-electron chi connectivity index (χ1n) is 21.3. The van der Waals surface area contributed by atoms with E-state index in [1.165, 1.54) is 26.2 Å². The number of hydrogen-bond donors (Lipinski definition) is 6. The Morgan fingerprint density at radius 1 is 0.629 bits per heavy atom. The standard InChI is InChI=1S/2C22H28ClN5O3/c2*1-12(29)26-14-6-4-5-13(7-14)21(31)27-18-8-15(17(23)10-24-18)16-9-25-28-11-22(2,3)20(30)19(16)28/h2*8-10,13-14,20,30H,4-7,11H2,1-3H3,(H,26,29)(H,24,27,31)/t2*13-,14+,20?/m00/s1. The summed E-state index contributed by atoms with van der Waals surface area (Å²) in [6.45, 7) is 12.2. The van der Waals surface area contributed by atoms with E-state index in [1.54, 1.807) is 33.9 Å². The van der Waals surface area contributed by atoms with E-state index in [0.717, 1.165) is 61.0 Å². The zero-order chi connectivity index (χ0) is 44.7. The topological polar surface area (TPSA) is 218 Å². The van der Waals surface area contributed by atoms with Gasteiger partial charge in [-0.1, -0.05) is 63.7 Å². The van der Waals surface area contributed by atoms with Gasteiger partial charge in [0.15, 0.2) is 0 Å². The molecule has 332 valence electrons. The summed E-state index contributed by atoms with van der Waals surface area (Å²) in [5.74, 6) is 0.0531. The third kappa shape index (κ3) is 9.68. The molecule has 8 rings (SSSR count). The van der Waals surface area contributed by atoms with E-state index >= 15 is 0 Å². The molecule has 0 radical (unpaired) electrons. The molecule has 6 heterocycles. The quantitative estimate of drug-likeness (QED) is 0.111. The van der Waals surface area contributed by atoms with Crippen LogP contribution in [0.15, 0.2) is 36.9 Å². The van der Waals surface area contributed by atoms with Crippen LogP contribution in [0.25, 0.3) is 22.3 Å². The van der Waals surface area contributed by atoms with Crippen molar-refractivity contribution in [3.05, 3.63) is 58.4 Å². The molecule has 6 atom stereocenters. The third-order valence-electron chi connectivity index (χ3n) is 12.6. The monoisotopic (exact) mass is 890 g/mol. The Kier molecular flexibility index (Phi) is 13.2. The molecule has 16 nitrogen and oxygen atoms in total. The summed E-state index contributed by atoms with van der Waals surface area (Å²) in [5.41, 5.74) is 3.63. The van der Waals surface area contributed by atoms with Crippen molar-refractivity contribution in [1.82, 2.24) is 40.2 Å². The van der Waals surface area contributed by atoms with Gasteiger partial charge in [-0.25, -0.2) is 9.97 Å². The van der Waals surface area contributed by atoms with Gasteiger partial charge in [0.2, 0.25) is 23.6 Å². The largest absolute Gasteiger partial charge is 0.386 e. The number of aromatic nitrogens is 6. The van der Waals surface area contributed by atoms with Gasteiger partial charge in [-0.2, -0.15) is 10.2 Å². The molecule has 2 aliphatic carbocycles. The van der Waals surface area contributed by atoms with Crippen molar-refractivity contribution >= 4 is 58.5 Å². The number of anilines is 2. The Hall–Kier alpha value is -4.90. The molecular weight excluding hydrogens is 835 g/mol. The molecule has 0 spiro atoms. The van der Waals surface area contributed by atoms with E-state index in [4.69, 9.17) is 23.2 Å². The number of amides is 4. The second-order valence-electron chi connectivity index (χ2n) is 18.6. The Bertz CT molecular complexity index is 2200. The minimum atomic E-state index is -0.666. The average molecular weight is 892 g/mol. The summed E-state index contributed by atoms with van der Waals surface area (Å²) in [4.78, 5) is 56.9. The maximum absolute atomic E-state index is 12.9. The molecule has 6 N–H and O–H groups in total. The molecule has 0 aromatic carbocycles. The predicted molar refractivity (Wildman–Crippen MR) is 235 cm³/mol. The molecule has 0 saturated heterocycles. The highest BCUT2D eigenvalue weighted by atomic mass is 35.5. The molecule has 4 aliphatic rings. The minimum Gasteiger partial charge on any atom is -0.386 e. The number of aliphatic hydroxyl groups excluding tert-OH is 2. The number of hydrogen-bond acceptors (Lipinski definition) is 10. The molecule has 4 aromatic rings. The lowest BCUT2D eigenvalue weighted by molar-refractivity contribution is -0.123. The van der Waals surface area contributed by atoms with Crippen molar-refractivity contribution in [1.29, 1.82) is 0 Å². The van der Waals surface area contributed by atoms with Gasteiger partial charge in [-0.05, 0) is 50.7 Å². The maximum atomic E-state index is 12.9. The molecular formula is C44H56Cl2N10O6. The van der Waals surface area contributed by atoms with Crippen molar-refractivity contribution in [2.45, 2.75) is 130 Å². The van der Waals surface area contributed by atoms with Crippen molar-refractivity contribution < 1.29 is 29.4 Å². The smallest absolute Gasteiger partial charge is 0.228 e. The second kappa shape index (κ2) is 18.1. The van der Waals surface area contributed by atoms with Gasteiger partial charge in [0.05, 0.1) is 33.8 Å². The summed E-state index contributed by atoms with van der Waals surface area (Å²) >= 11 is 12.9. The molecule has 0 bridgehead atoms. The summed E-state index contributed by atoms with van der Waals surface area (Å²) in [7, 11) is 0. The number of fused-ring (bicyclic) bond motifs is 2. The number of carbonyl (C=O) groups is 4. The van der Waals surface area contributed by atoms with E-state index in [-0.39, 0.29) is 58.4 Å². The minimum absolute atomic E-state index is 0.0237. The molecule has 18 heteroatoms. The van der Waals surface area contributed by atoms with E-state index < -0.39 is 12.2 Å². The summed E-state index contributed by atoms with van der Waals surface area (Å²) in [6.07, 6.45) is 11.4. The third-order valence-corrected chi connectivity index (χ3v) is 13.2. The zero-order valence-electron chi connectivity index (χ0n) is 36.0.